The average Bonchev–Trinajstić information content (AvgIpc) is 2.79. The smallest absolute Gasteiger partial charge is 0.227 e. The van der Waals surface area contributed by atoms with E-state index in [9.17, 15) is 13.2 Å². The molecule has 106 valence electrons. The molecule has 0 bridgehead atoms. The highest BCUT2D eigenvalue weighted by Crippen LogP contribution is 2.17. The second kappa shape index (κ2) is 5.63. The Morgan fingerprint density at radius 1 is 1.40 bits per heavy atom. The van der Waals surface area contributed by atoms with Crippen LogP contribution < -0.4 is 0 Å². The van der Waals surface area contributed by atoms with Gasteiger partial charge in [-0.3, -0.25) is 4.79 Å². The zero-order chi connectivity index (χ0) is 14.8. The normalized spacial score (nSPS) is 20.3. The molecule has 0 aromatic heterocycles. The number of hydrogen-bond acceptors (Lipinski definition) is 4. The molecule has 1 amide bonds. The summed E-state index contributed by atoms with van der Waals surface area (Å²) in [7, 11) is -1.34. The number of hydrogen-bond donors (Lipinski definition) is 0. The van der Waals surface area contributed by atoms with Gasteiger partial charge in [0.2, 0.25) is 5.91 Å². The number of sulfone groups is 1. The maximum Gasteiger partial charge on any atom is 0.227 e. The minimum atomic E-state index is -2.99. The molecule has 1 fully saturated rings. The second-order valence-electron chi connectivity index (χ2n) is 5.05. The molecule has 0 radical (unpaired) electrons. The van der Waals surface area contributed by atoms with Gasteiger partial charge in [-0.2, -0.15) is 5.26 Å². The van der Waals surface area contributed by atoms with Gasteiger partial charge < -0.3 is 4.90 Å². The summed E-state index contributed by atoms with van der Waals surface area (Å²) >= 11 is 0. The Kier molecular flexibility index (Phi) is 4.09. The molecule has 0 aliphatic carbocycles. The fourth-order valence-corrected chi connectivity index (χ4v) is 4.06. The van der Waals surface area contributed by atoms with Gasteiger partial charge in [-0.1, -0.05) is 12.1 Å². The summed E-state index contributed by atoms with van der Waals surface area (Å²) < 4.78 is 22.9. The Hall–Kier alpha value is -1.87. The number of carbonyl (C=O) groups is 1. The molecule has 1 saturated heterocycles. The Morgan fingerprint density at radius 3 is 2.55 bits per heavy atom. The summed E-state index contributed by atoms with van der Waals surface area (Å²) in [5.74, 6) is 0.117. The van der Waals surface area contributed by atoms with Crippen molar-refractivity contribution in [2.75, 3.05) is 18.6 Å². The van der Waals surface area contributed by atoms with E-state index in [1.54, 1.807) is 31.3 Å². The van der Waals surface area contributed by atoms with Crippen LogP contribution >= 0.6 is 0 Å². The van der Waals surface area contributed by atoms with E-state index >= 15 is 0 Å². The molecule has 6 heteroatoms. The molecule has 2 rings (SSSR count). The Labute approximate surface area is 118 Å². The van der Waals surface area contributed by atoms with Gasteiger partial charge in [0.1, 0.15) is 0 Å². The van der Waals surface area contributed by atoms with Gasteiger partial charge in [0.05, 0.1) is 29.6 Å². The molecule has 1 heterocycles. The zero-order valence-electron chi connectivity index (χ0n) is 11.2. The van der Waals surface area contributed by atoms with Crippen molar-refractivity contribution in [2.24, 2.45) is 0 Å². The third-order valence-electron chi connectivity index (χ3n) is 3.59. The van der Waals surface area contributed by atoms with Crippen molar-refractivity contribution >= 4 is 15.7 Å². The molecule has 0 saturated carbocycles. The van der Waals surface area contributed by atoms with Crippen LogP contribution in [0, 0.1) is 11.3 Å². The SMILES string of the molecule is CN(C(=O)Cc1ccc(C#N)cc1)C1CCS(=O)(=O)C1. The largest absolute Gasteiger partial charge is 0.341 e. The third kappa shape index (κ3) is 3.36. The highest BCUT2D eigenvalue weighted by atomic mass is 32.2. The van der Waals surface area contributed by atoms with E-state index in [1.165, 1.54) is 4.90 Å². The molecule has 20 heavy (non-hydrogen) atoms. The van der Waals surface area contributed by atoms with Crippen molar-refractivity contribution in [2.45, 2.75) is 18.9 Å². The summed E-state index contributed by atoms with van der Waals surface area (Å²) in [6.45, 7) is 0. The maximum absolute atomic E-state index is 12.1. The third-order valence-corrected chi connectivity index (χ3v) is 5.34. The number of nitrogens with zero attached hydrogens (tertiary/aromatic N) is 2. The summed E-state index contributed by atoms with van der Waals surface area (Å²) in [6.07, 6.45) is 0.733. The van der Waals surface area contributed by atoms with Crippen molar-refractivity contribution in [1.82, 2.24) is 4.90 Å². The first-order valence-electron chi connectivity index (χ1n) is 6.36. The van der Waals surface area contributed by atoms with Crippen LogP contribution in [-0.2, 0) is 21.1 Å². The predicted molar refractivity (Wildman–Crippen MR) is 74.7 cm³/mol. The second-order valence-corrected chi connectivity index (χ2v) is 7.28. The van der Waals surface area contributed by atoms with E-state index in [0.717, 1.165) is 5.56 Å². The molecular weight excluding hydrogens is 276 g/mol. The zero-order valence-corrected chi connectivity index (χ0v) is 12.1. The van der Waals surface area contributed by atoms with Crippen molar-refractivity contribution in [3.8, 4) is 6.07 Å². The van der Waals surface area contributed by atoms with Crippen molar-refractivity contribution in [3.63, 3.8) is 0 Å². The molecule has 1 aliphatic heterocycles. The fraction of sp³-hybridized carbons (Fsp3) is 0.429. The number of likely N-dealkylation sites (N-methyl/N-ethyl adjacent to an activating group) is 1. The van der Waals surface area contributed by atoms with Crippen LogP contribution in [-0.4, -0.2) is 43.8 Å². The predicted octanol–water partition coefficient (Wildman–Crippen LogP) is 0.746. The maximum atomic E-state index is 12.1. The highest BCUT2D eigenvalue weighted by molar-refractivity contribution is 7.91. The molecule has 1 aliphatic rings. The Morgan fingerprint density at radius 2 is 2.05 bits per heavy atom. The standard InChI is InChI=1S/C14H16N2O3S/c1-16(13-6-7-20(18,19)10-13)14(17)8-11-2-4-12(9-15)5-3-11/h2-5,13H,6-8,10H2,1H3. The van der Waals surface area contributed by atoms with Crippen LogP contribution in [0.3, 0.4) is 0 Å². The van der Waals surface area contributed by atoms with E-state index in [0.29, 0.717) is 12.0 Å². The topological polar surface area (TPSA) is 78.2 Å². The van der Waals surface area contributed by atoms with Gasteiger partial charge >= 0.3 is 0 Å². The molecule has 1 unspecified atom stereocenters. The lowest BCUT2D eigenvalue weighted by Crippen LogP contribution is -2.38. The minimum absolute atomic E-state index is 0.0581. The van der Waals surface area contributed by atoms with Crippen LogP contribution in [0.25, 0.3) is 0 Å². The van der Waals surface area contributed by atoms with Crippen LogP contribution in [0.5, 0.6) is 0 Å². The number of benzene rings is 1. The summed E-state index contributed by atoms with van der Waals surface area (Å²) in [6, 6.07) is 8.64. The number of carbonyl (C=O) groups excluding carboxylic acids is 1. The van der Waals surface area contributed by atoms with Crippen LogP contribution in [0.2, 0.25) is 0 Å². The summed E-state index contributed by atoms with van der Waals surface area (Å²) in [4.78, 5) is 13.7. The number of amides is 1. The number of nitriles is 1. The lowest BCUT2D eigenvalue weighted by Gasteiger charge is -2.23. The van der Waals surface area contributed by atoms with Crippen molar-refractivity contribution in [1.29, 1.82) is 5.26 Å². The van der Waals surface area contributed by atoms with Gasteiger partial charge in [0.25, 0.3) is 0 Å². The van der Waals surface area contributed by atoms with E-state index in [1.807, 2.05) is 6.07 Å². The Bertz CT molecular complexity index is 644. The summed E-state index contributed by atoms with van der Waals surface area (Å²) in [5.41, 5.74) is 1.37. The highest BCUT2D eigenvalue weighted by Gasteiger charge is 2.32. The first kappa shape index (κ1) is 14.5. The van der Waals surface area contributed by atoms with Gasteiger partial charge in [-0.05, 0) is 24.1 Å². The van der Waals surface area contributed by atoms with Gasteiger partial charge in [-0.15, -0.1) is 0 Å². The first-order valence-corrected chi connectivity index (χ1v) is 8.18. The monoisotopic (exact) mass is 292 g/mol. The Balaban J connectivity index is 1.99. The van der Waals surface area contributed by atoms with E-state index in [-0.39, 0.29) is 29.9 Å². The van der Waals surface area contributed by atoms with E-state index < -0.39 is 9.84 Å². The lowest BCUT2D eigenvalue weighted by molar-refractivity contribution is -0.130. The van der Waals surface area contributed by atoms with Crippen molar-refractivity contribution in [3.05, 3.63) is 35.4 Å². The molecule has 1 atom stereocenters. The fourth-order valence-electron chi connectivity index (χ4n) is 2.28. The minimum Gasteiger partial charge on any atom is -0.341 e. The van der Waals surface area contributed by atoms with E-state index in [4.69, 9.17) is 5.26 Å². The average molecular weight is 292 g/mol. The summed E-state index contributed by atoms with van der Waals surface area (Å²) in [5, 5.41) is 8.71. The van der Waals surface area contributed by atoms with Gasteiger partial charge in [0, 0.05) is 13.1 Å². The van der Waals surface area contributed by atoms with Crippen LogP contribution in [0.1, 0.15) is 17.5 Å². The lowest BCUT2D eigenvalue weighted by atomic mass is 10.1. The molecule has 0 spiro atoms. The first-order chi connectivity index (χ1) is 9.41. The van der Waals surface area contributed by atoms with Gasteiger partial charge in [0.15, 0.2) is 9.84 Å². The molecule has 1 aromatic carbocycles. The molecule has 1 aromatic rings. The van der Waals surface area contributed by atoms with Gasteiger partial charge in [-0.25, -0.2) is 8.42 Å². The van der Waals surface area contributed by atoms with Crippen LogP contribution in [0.4, 0.5) is 0 Å². The van der Waals surface area contributed by atoms with E-state index in [2.05, 4.69) is 0 Å². The quantitative estimate of drug-likeness (QED) is 0.823. The molecule has 0 N–H and O–H groups in total. The molecular formula is C14H16N2O3S. The van der Waals surface area contributed by atoms with Crippen molar-refractivity contribution < 1.29 is 13.2 Å². The molecule has 5 nitrogen and oxygen atoms in total. The number of rotatable bonds is 3. The van der Waals surface area contributed by atoms with Crippen LogP contribution in [0.15, 0.2) is 24.3 Å².